The molecule has 1 aliphatic rings. The molecule has 1 unspecified atom stereocenters. The number of amides is 7. The Kier molecular flexibility index (Phi) is 15.7. The molecule has 7 amide bonds. The van der Waals surface area contributed by atoms with Crippen LogP contribution in [0, 0.1) is 0 Å². The highest BCUT2D eigenvalue weighted by Gasteiger charge is 2.40. The number of nitrogens with zero attached hydrogens (tertiary/aromatic N) is 1. The van der Waals surface area contributed by atoms with Gasteiger partial charge in [-0.15, -0.1) is 0 Å². The van der Waals surface area contributed by atoms with Gasteiger partial charge in [0, 0.05) is 31.5 Å². The van der Waals surface area contributed by atoms with Crippen LogP contribution in [0.5, 0.6) is 0 Å². The first kappa shape index (κ1) is 38.1. The maximum atomic E-state index is 12.8. The molecule has 0 saturated carbocycles. The van der Waals surface area contributed by atoms with E-state index in [0.717, 1.165) is 4.90 Å². The fourth-order valence-electron chi connectivity index (χ4n) is 3.97. The molecule has 1 aliphatic heterocycles. The van der Waals surface area contributed by atoms with E-state index in [0.29, 0.717) is 24.8 Å². The fourth-order valence-corrected chi connectivity index (χ4v) is 3.97. The molecule has 0 spiro atoms. The van der Waals surface area contributed by atoms with E-state index < -0.39 is 80.5 Å². The van der Waals surface area contributed by atoms with Crippen molar-refractivity contribution >= 4 is 47.6 Å². The minimum absolute atomic E-state index is 0.0126. The van der Waals surface area contributed by atoms with Crippen LogP contribution >= 0.6 is 0 Å². The molecule has 0 aliphatic carbocycles. The van der Waals surface area contributed by atoms with Crippen molar-refractivity contribution in [2.75, 3.05) is 32.9 Å². The van der Waals surface area contributed by atoms with Crippen molar-refractivity contribution < 1.29 is 56.3 Å². The van der Waals surface area contributed by atoms with Crippen molar-refractivity contribution in [2.45, 2.75) is 50.4 Å². The van der Waals surface area contributed by atoms with E-state index in [-0.39, 0.29) is 31.2 Å². The van der Waals surface area contributed by atoms with Gasteiger partial charge in [-0.2, -0.15) is 13.2 Å². The van der Waals surface area contributed by atoms with Gasteiger partial charge in [0.2, 0.25) is 35.6 Å². The van der Waals surface area contributed by atoms with Gasteiger partial charge in [0.1, 0.15) is 12.8 Å². The van der Waals surface area contributed by atoms with E-state index in [1.54, 1.807) is 30.3 Å². The van der Waals surface area contributed by atoms with Gasteiger partial charge in [-0.3, -0.25) is 38.5 Å². The summed E-state index contributed by atoms with van der Waals surface area (Å²) in [5, 5.41) is 11.4. The van der Waals surface area contributed by atoms with E-state index in [1.165, 1.54) is 12.2 Å². The molecule has 0 radical (unpaired) electrons. The van der Waals surface area contributed by atoms with Crippen LogP contribution in [0.3, 0.4) is 0 Å². The number of ether oxygens (including phenoxy) is 1. The van der Waals surface area contributed by atoms with Gasteiger partial charge in [0.15, 0.2) is 6.29 Å². The second-order valence-electron chi connectivity index (χ2n) is 10.1. The molecule has 0 fully saturated rings. The first-order valence-corrected chi connectivity index (χ1v) is 14.4. The molecule has 0 saturated heterocycles. The molecule has 5 N–H and O–H groups in total. The maximum absolute atomic E-state index is 12.8. The molecule has 1 aromatic rings. The molecule has 256 valence electrons. The monoisotopic (exact) mass is 668 g/mol. The number of aldehydes is 1. The van der Waals surface area contributed by atoms with Crippen molar-refractivity contribution in [1.82, 2.24) is 31.5 Å². The van der Waals surface area contributed by atoms with E-state index in [2.05, 4.69) is 26.0 Å². The number of nitrogens with one attached hydrogen (secondary N) is 5. The molecule has 47 heavy (non-hydrogen) atoms. The normalized spacial score (nSPS) is 13.8. The van der Waals surface area contributed by atoms with Crippen LogP contribution in [0.15, 0.2) is 42.5 Å². The quantitative estimate of drug-likeness (QED) is 0.0487. The van der Waals surface area contributed by atoms with Crippen LogP contribution < -0.4 is 26.6 Å². The standard InChI is InChI=1S/C29H35F3N6O9/c30-29(31,32)21(17-39)47-18-36-24(42)15-35-28(46)20(13-19-7-3-1-4-8-19)37-25(43)16-34-23(41)14-33-22(40)9-5-2-6-12-38-26(44)10-11-27(38)45/h1,3-4,7-8,10-11,17,20-21H,2,5-6,9,12-16,18H2,(H,33,40)(H,34,41)(H,35,46)(H,36,42)(H,37,43)/t20-,21?/m0/s1. The number of carbonyl (C=O) groups is 8. The second-order valence-corrected chi connectivity index (χ2v) is 10.1. The summed E-state index contributed by atoms with van der Waals surface area (Å²) in [5.74, 6) is -4.37. The van der Waals surface area contributed by atoms with Gasteiger partial charge >= 0.3 is 6.18 Å². The lowest BCUT2D eigenvalue weighted by molar-refractivity contribution is -0.213. The molecule has 1 heterocycles. The lowest BCUT2D eigenvalue weighted by atomic mass is 10.1. The first-order valence-electron chi connectivity index (χ1n) is 14.4. The summed E-state index contributed by atoms with van der Waals surface area (Å²) in [7, 11) is 0. The summed E-state index contributed by atoms with van der Waals surface area (Å²) in [6, 6.07) is 7.26. The molecule has 1 aromatic carbocycles. The van der Waals surface area contributed by atoms with Gasteiger partial charge in [0.25, 0.3) is 11.8 Å². The number of benzene rings is 1. The number of imide groups is 1. The number of halogens is 3. The highest BCUT2D eigenvalue weighted by molar-refractivity contribution is 6.12. The maximum Gasteiger partial charge on any atom is 0.421 e. The molecule has 15 nitrogen and oxygen atoms in total. The number of hydrogen-bond acceptors (Lipinski definition) is 9. The summed E-state index contributed by atoms with van der Waals surface area (Å²) < 4.78 is 41.9. The second kappa shape index (κ2) is 19.4. The van der Waals surface area contributed by atoms with Gasteiger partial charge in [0.05, 0.1) is 19.6 Å². The summed E-state index contributed by atoms with van der Waals surface area (Å²) in [6.07, 6.45) is -4.16. The minimum Gasteiger partial charge on any atom is -0.347 e. The highest BCUT2D eigenvalue weighted by Crippen LogP contribution is 2.20. The molecule has 0 bridgehead atoms. The third kappa shape index (κ3) is 14.7. The zero-order chi connectivity index (χ0) is 34.8. The number of rotatable bonds is 20. The van der Waals surface area contributed by atoms with Crippen LogP contribution in [0.1, 0.15) is 31.2 Å². The molecule has 2 rings (SSSR count). The zero-order valence-corrected chi connectivity index (χ0v) is 25.1. The first-order chi connectivity index (χ1) is 22.3. The Hall–Kier alpha value is -5.13. The molecule has 18 heteroatoms. The summed E-state index contributed by atoms with van der Waals surface area (Å²) in [4.78, 5) is 96.0. The zero-order valence-electron chi connectivity index (χ0n) is 25.1. The molecular weight excluding hydrogens is 633 g/mol. The number of alkyl halides is 3. The Labute approximate surface area is 267 Å². The van der Waals surface area contributed by atoms with Gasteiger partial charge in [-0.05, 0) is 18.4 Å². The third-order valence-electron chi connectivity index (χ3n) is 6.41. The predicted octanol–water partition coefficient (Wildman–Crippen LogP) is -1.23. The van der Waals surface area contributed by atoms with Crippen LogP contribution in [0.4, 0.5) is 13.2 Å². The van der Waals surface area contributed by atoms with Crippen molar-refractivity contribution in [1.29, 1.82) is 0 Å². The number of hydrogen-bond donors (Lipinski definition) is 5. The number of unbranched alkanes of at least 4 members (excludes halogenated alkanes) is 2. The highest BCUT2D eigenvalue weighted by atomic mass is 19.4. The van der Waals surface area contributed by atoms with E-state index in [4.69, 9.17) is 0 Å². The smallest absolute Gasteiger partial charge is 0.347 e. The molecule has 2 atom stereocenters. The average molecular weight is 669 g/mol. The molecular formula is C29H35F3N6O9. The SMILES string of the molecule is O=CC(OCNC(=O)CNC(=O)[C@H](Cc1ccccc1)NC(=O)CNC(=O)CNC(=O)CCCCCN1C(=O)C=CC1=O)C(F)(F)F. The summed E-state index contributed by atoms with van der Waals surface area (Å²) >= 11 is 0. The third-order valence-corrected chi connectivity index (χ3v) is 6.41. The lowest BCUT2D eigenvalue weighted by Crippen LogP contribution is -2.52. The Morgan fingerprint density at radius 2 is 1.38 bits per heavy atom. The Balaban J connectivity index is 1.72. The van der Waals surface area contributed by atoms with Gasteiger partial charge < -0.3 is 36.1 Å². The van der Waals surface area contributed by atoms with Crippen LogP contribution in [-0.4, -0.2) is 104 Å². The van der Waals surface area contributed by atoms with Gasteiger partial charge in [-0.25, -0.2) is 0 Å². The van der Waals surface area contributed by atoms with Crippen LogP contribution in [0.2, 0.25) is 0 Å². The summed E-state index contributed by atoms with van der Waals surface area (Å²) in [6.45, 7) is -2.37. The Morgan fingerprint density at radius 3 is 2.02 bits per heavy atom. The largest absolute Gasteiger partial charge is 0.421 e. The Morgan fingerprint density at radius 1 is 0.787 bits per heavy atom. The van der Waals surface area contributed by atoms with E-state index in [9.17, 15) is 51.5 Å². The van der Waals surface area contributed by atoms with Crippen molar-refractivity contribution in [3.8, 4) is 0 Å². The fraction of sp³-hybridized carbons (Fsp3) is 0.448. The van der Waals surface area contributed by atoms with E-state index in [1.807, 2.05) is 5.32 Å². The van der Waals surface area contributed by atoms with Crippen LogP contribution in [0.25, 0.3) is 0 Å². The van der Waals surface area contributed by atoms with E-state index >= 15 is 0 Å². The topological polar surface area (TPSA) is 209 Å². The van der Waals surface area contributed by atoms with Crippen molar-refractivity contribution in [3.63, 3.8) is 0 Å². The molecule has 0 aromatic heterocycles. The lowest BCUT2D eigenvalue weighted by Gasteiger charge is -2.19. The van der Waals surface area contributed by atoms with Crippen molar-refractivity contribution in [3.05, 3.63) is 48.0 Å². The van der Waals surface area contributed by atoms with Crippen LogP contribution in [-0.2, 0) is 49.5 Å². The predicted molar refractivity (Wildman–Crippen MR) is 155 cm³/mol. The average Bonchev–Trinajstić information content (AvgIpc) is 3.35. The minimum atomic E-state index is -4.96. The summed E-state index contributed by atoms with van der Waals surface area (Å²) in [5.41, 5.74) is 0.639. The van der Waals surface area contributed by atoms with Crippen molar-refractivity contribution in [2.24, 2.45) is 0 Å². The number of carbonyl (C=O) groups excluding carboxylic acids is 8. The van der Waals surface area contributed by atoms with Gasteiger partial charge in [-0.1, -0.05) is 36.8 Å². The Bertz CT molecular complexity index is 1310.